The van der Waals surface area contributed by atoms with Crippen molar-refractivity contribution in [2.45, 2.75) is 19.9 Å². The number of thiazole rings is 1. The fourth-order valence-electron chi connectivity index (χ4n) is 0.666. The average molecular weight is 168 g/mol. The standard InChI is InChI=1S/C8H12N2S/c1-3-7(2)10-6-8-9-4-5-11-8/h4-5,10H,2-3,6H2,1H3. The van der Waals surface area contributed by atoms with E-state index in [9.17, 15) is 0 Å². The zero-order valence-electron chi connectivity index (χ0n) is 6.63. The van der Waals surface area contributed by atoms with Gasteiger partial charge in [0.25, 0.3) is 0 Å². The van der Waals surface area contributed by atoms with Crippen LogP contribution in [0.4, 0.5) is 0 Å². The highest BCUT2D eigenvalue weighted by atomic mass is 32.1. The lowest BCUT2D eigenvalue weighted by atomic mass is 10.4. The maximum absolute atomic E-state index is 4.14. The minimum absolute atomic E-state index is 0.810. The molecule has 11 heavy (non-hydrogen) atoms. The van der Waals surface area contributed by atoms with Crippen LogP contribution in [0, 0.1) is 0 Å². The Morgan fingerprint density at radius 2 is 2.64 bits per heavy atom. The number of aromatic nitrogens is 1. The highest BCUT2D eigenvalue weighted by Gasteiger charge is 1.93. The molecule has 1 N–H and O–H groups in total. The van der Waals surface area contributed by atoms with E-state index in [1.165, 1.54) is 0 Å². The summed E-state index contributed by atoms with van der Waals surface area (Å²) in [6, 6.07) is 0. The SMILES string of the molecule is C=C(CC)NCc1nccs1. The van der Waals surface area contributed by atoms with E-state index < -0.39 is 0 Å². The number of hydrogen-bond donors (Lipinski definition) is 1. The van der Waals surface area contributed by atoms with Crippen molar-refractivity contribution < 1.29 is 0 Å². The van der Waals surface area contributed by atoms with Gasteiger partial charge in [0.1, 0.15) is 5.01 Å². The number of allylic oxidation sites excluding steroid dienone is 1. The van der Waals surface area contributed by atoms with E-state index in [0.717, 1.165) is 23.7 Å². The van der Waals surface area contributed by atoms with Gasteiger partial charge in [-0.1, -0.05) is 13.5 Å². The summed E-state index contributed by atoms with van der Waals surface area (Å²) in [6.07, 6.45) is 2.79. The van der Waals surface area contributed by atoms with Crippen molar-refractivity contribution in [3.63, 3.8) is 0 Å². The second kappa shape index (κ2) is 4.13. The van der Waals surface area contributed by atoms with Crippen molar-refractivity contribution in [1.29, 1.82) is 0 Å². The molecular formula is C8H12N2S. The van der Waals surface area contributed by atoms with Gasteiger partial charge in [0.2, 0.25) is 0 Å². The Labute approximate surface area is 71.0 Å². The van der Waals surface area contributed by atoms with Crippen LogP contribution >= 0.6 is 11.3 Å². The van der Waals surface area contributed by atoms with Crippen molar-refractivity contribution in [2.24, 2.45) is 0 Å². The summed E-state index contributed by atoms with van der Waals surface area (Å²) in [5.41, 5.74) is 1.07. The van der Waals surface area contributed by atoms with Crippen molar-refractivity contribution >= 4 is 11.3 Å². The molecule has 0 atom stereocenters. The van der Waals surface area contributed by atoms with E-state index in [4.69, 9.17) is 0 Å². The van der Waals surface area contributed by atoms with Crippen LogP contribution in [0.1, 0.15) is 18.4 Å². The molecule has 1 heterocycles. The number of hydrogen-bond acceptors (Lipinski definition) is 3. The van der Waals surface area contributed by atoms with Gasteiger partial charge in [-0.05, 0) is 6.42 Å². The van der Waals surface area contributed by atoms with Crippen LogP contribution in [-0.2, 0) is 6.54 Å². The number of nitrogens with one attached hydrogen (secondary N) is 1. The summed E-state index contributed by atoms with van der Waals surface area (Å²) < 4.78 is 0. The Hall–Kier alpha value is -0.830. The molecule has 0 aliphatic heterocycles. The van der Waals surface area contributed by atoms with Crippen LogP contribution in [0.25, 0.3) is 0 Å². The van der Waals surface area contributed by atoms with Crippen LogP contribution in [0.15, 0.2) is 23.9 Å². The van der Waals surface area contributed by atoms with E-state index in [-0.39, 0.29) is 0 Å². The summed E-state index contributed by atoms with van der Waals surface area (Å²) in [6.45, 7) is 6.73. The summed E-state index contributed by atoms with van der Waals surface area (Å²) in [4.78, 5) is 4.14. The minimum atomic E-state index is 0.810. The first kappa shape index (κ1) is 8.27. The molecule has 1 aromatic heterocycles. The van der Waals surface area contributed by atoms with Gasteiger partial charge in [-0.15, -0.1) is 11.3 Å². The van der Waals surface area contributed by atoms with Crippen LogP contribution in [0.5, 0.6) is 0 Å². The van der Waals surface area contributed by atoms with Crippen LogP contribution in [0.2, 0.25) is 0 Å². The Kier molecular flexibility index (Phi) is 3.11. The molecule has 2 nitrogen and oxygen atoms in total. The molecule has 0 fully saturated rings. The van der Waals surface area contributed by atoms with Gasteiger partial charge < -0.3 is 5.32 Å². The molecular weight excluding hydrogens is 156 g/mol. The predicted molar refractivity (Wildman–Crippen MR) is 48.4 cm³/mol. The molecule has 0 spiro atoms. The summed E-state index contributed by atoms with van der Waals surface area (Å²) in [7, 11) is 0. The van der Waals surface area contributed by atoms with Gasteiger partial charge in [0, 0.05) is 17.3 Å². The number of rotatable bonds is 4. The third kappa shape index (κ3) is 2.72. The lowest BCUT2D eigenvalue weighted by molar-refractivity contribution is 0.771. The Morgan fingerprint density at radius 3 is 3.18 bits per heavy atom. The van der Waals surface area contributed by atoms with Crippen LogP contribution in [0.3, 0.4) is 0 Å². The van der Waals surface area contributed by atoms with Crippen molar-refractivity contribution in [2.75, 3.05) is 0 Å². The predicted octanol–water partition coefficient (Wildman–Crippen LogP) is 2.16. The monoisotopic (exact) mass is 168 g/mol. The maximum Gasteiger partial charge on any atom is 0.112 e. The maximum atomic E-state index is 4.14. The second-order valence-corrected chi connectivity index (χ2v) is 3.22. The summed E-state index contributed by atoms with van der Waals surface area (Å²) in [5.74, 6) is 0. The molecule has 0 unspecified atom stereocenters. The fraction of sp³-hybridized carbons (Fsp3) is 0.375. The third-order valence-electron chi connectivity index (χ3n) is 1.40. The van der Waals surface area contributed by atoms with Gasteiger partial charge >= 0.3 is 0 Å². The van der Waals surface area contributed by atoms with Gasteiger partial charge in [-0.2, -0.15) is 0 Å². The molecule has 0 bridgehead atoms. The van der Waals surface area contributed by atoms with E-state index in [1.807, 2.05) is 11.6 Å². The molecule has 0 saturated heterocycles. The molecule has 3 heteroatoms. The lowest BCUT2D eigenvalue weighted by Crippen LogP contribution is -2.10. The molecule has 60 valence electrons. The molecule has 0 aromatic carbocycles. The average Bonchev–Trinajstić information content (AvgIpc) is 2.52. The molecule has 1 rings (SSSR count). The topological polar surface area (TPSA) is 24.9 Å². The Morgan fingerprint density at radius 1 is 1.82 bits per heavy atom. The third-order valence-corrected chi connectivity index (χ3v) is 2.18. The first-order valence-corrected chi connectivity index (χ1v) is 4.51. The first-order valence-electron chi connectivity index (χ1n) is 3.63. The van der Waals surface area contributed by atoms with E-state index in [1.54, 1.807) is 11.3 Å². The fourth-order valence-corrected chi connectivity index (χ4v) is 1.22. The zero-order chi connectivity index (χ0) is 8.10. The lowest BCUT2D eigenvalue weighted by Gasteiger charge is -2.03. The molecule has 1 aromatic rings. The Bertz CT molecular complexity index is 216. The van der Waals surface area contributed by atoms with Crippen molar-refractivity contribution in [1.82, 2.24) is 10.3 Å². The quantitative estimate of drug-likeness (QED) is 0.745. The largest absolute Gasteiger partial charge is 0.382 e. The summed E-state index contributed by atoms with van der Waals surface area (Å²) in [5, 5.41) is 6.28. The molecule has 0 amide bonds. The highest BCUT2D eigenvalue weighted by molar-refractivity contribution is 7.09. The van der Waals surface area contributed by atoms with Gasteiger partial charge in [-0.3, -0.25) is 0 Å². The minimum Gasteiger partial charge on any atom is -0.382 e. The summed E-state index contributed by atoms with van der Waals surface area (Å²) >= 11 is 1.66. The number of nitrogens with zero attached hydrogens (tertiary/aromatic N) is 1. The highest BCUT2D eigenvalue weighted by Crippen LogP contribution is 2.03. The molecule has 0 saturated carbocycles. The van der Waals surface area contributed by atoms with Crippen LogP contribution < -0.4 is 5.32 Å². The molecule has 0 radical (unpaired) electrons. The molecule has 0 aliphatic rings. The van der Waals surface area contributed by atoms with Gasteiger partial charge in [0.15, 0.2) is 0 Å². The second-order valence-electron chi connectivity index (χ2n) is 2.24. The van der Waals surface area contributed by atoms with Crippen molar-refractivity contribution in [3.05, 3.63) is 28.9 Å². The van der Waals surface area contributed by atoms with Crippen molar-refractivity contribution in [3.8, 4) is 0 Å². The van der Waals surface area contributed by atoms with Crippen LogP contribution in [-0.4, -0.2) is 4.98 Å². The van der Waals surface area contributed by atoms with E-state index in [2.05, 4.69) is 23.8 Å². The smallest absolute Gasteiger partial charge is 0.112 e. The normalized spacial score (nSPS) is 9.55. The molecule has 0 aliphatic carbocycles. The van der Waals surface area contributed by atoms with Gasteiger partial charge in [0.05, 0.1) is 6.54 Å². The zero-order valence-corrected chi connectivity index (χ0v) is 7.45. The van der Waals surface area contributed by atoms with E-state index >= 15 is 0 Å². The first-order chi connectivity index (χ1) is 5.33. The van der Waals surface area contributed by atoms with E-state index in [0.29, 0.717) is 0 Å². The van der Waals surface area contributed by atoms with Gasteiger partial charge in [-0.25, -0.2) is 4.98 Å². The Balaban J connectivity index is 2.29.